The molecule has 1 saturated carbocycles. The molecule has 0 aliphatic heterocycles. The van der Waals surface area contributed by atoms with Gasteiger partial charge in [-0.25, -0.2) is 0 Å². The molecule has 16 heavy (non-hydrogen) atoms. The number of hydrogen-bond acceptors (Lipinski definition) is 2. The fraction of sp³-hybridized carbons (Fsp3) is 0.417. The molecule has 0 aromatic heterocycles. The number of halogens is 1. The highest BCUT2D eigenvalue weighted by molar-refractivity contribution is 6.36. The highest BCUT2D eigenvalue weighted by Gasteiger charge is 2.29. The third-order valence-electron chi connectivity index (χ3n) is 2.96. The molecule has 0 bridgehead atoms. The number of anilines is 1. The first-order valence-electron chi connectivity index (χ1n) is 5.44. The summed E-state index contributed by atoms with van der Waals surface area (Å²) >= 11 is 5.98. The quantitative estimate of drug-likeness (QED) is 0.795. The number of rotatable bonds is 3. The summed E-state index contributed by atoms with van der Waals surface area (Å²) in [6.07, 6.45) is 2.40. The van der Waals surface area contributed by atoms with Crippen LogP contribution in [0, 0.1) is 5.92 Å². The first kappa shape index (κ1) is 11.3. The molecule has 1 amide bonds. The zero-order valence-electron chi connectivity index (χ0n) is 9.16. The summed E-state index contributed by atoms with van der Waals surface area (Å²) in [5, 5.41) is 3.28. The van der Waals surface area contributed by atoms with Crippen LogP contribution in [-0.4, -0.2) is 11.9 Å². The van der Waals surface area contributed by atoms with Gasteiger partial charge >= 0.3 is 0 Å². The third kappa shape index (κ3) is 2.30. The van der Waals surface area contributed by atoms with Crippen LogP contribution >= 0.6 is 11.6 Å². The Bertz CT molecular complexity index is 415. The maximum absolute atomic E-state index is 11.9. The summed E-state index contributed by atoms with van der Waals surface area (Å²) < 4.78 is 0. The summed E-state index contributed by atoms with van der Waals surface area (Å²) in [5.74, 6) is 0.487. The minimum Gasteiger partial charge on any atom is -0.398 e. The number of amides is 1. The highest BCUT2D eigenvalue weighted by Crippen LogP contribution is 2.32. The molecule has 86 valence electrons. The van der Waals surface area contributed by atoms with Gasteiger partial charge in [-0.05, 0) is 37.8 Å². The van der Waals surface area contributed by atoms with E-state index in [-0.39, 0.29) is 11.9 Å². The van der Waals surface area contributed by atoms with E-state index in [0.29, 0.717) is 22.2 Å². The van der Waals surface area contributed by atoms with Gasteiger partial charge < -0.3 is 11.1 Å². The number of nitrogen functional groups attached to an aromatic ring is 1. The molecule has 0 spiro atoms. The van der Waals surface area contributed by atoms with Crippen LogP contribution < -0.4 is 11.1 Å². The van der Waals surface area contributed by atoms with Crippen LogP contribution in [0.2, 0.25) is 5.02 Å². The van der Waals surface area contributed by atoms with Crippen LogP contribution in [0.1, 0.15) is 30.1 Å². The van der Waals surface area contributed by atoms with E-state index in [1.165, 1.54) is 12.8 Å². The van der Waals surface area contributed by atoms with Crippen LogP contribution in [0.3, 0.4) is 0 Å². The van der Waals surface area contributed by atoms with Crippen LogP contribution in [0.15, 0.2) is 18.2 Å². The lowest BCUT2D eigenvalue weighted by Crippen LogP contribution is -2.34. The number of hydrogen-bond donors (Lipinski definition) is 2. The summed E-state index contributed by atoms with van der Waals surface area (Å²) in [6.45, 7) is 2.02. The average molecular weight is 239 g/mol. The van der Waals surface area contributed by atoms with Crippen molar-refractivity contribution in [3.8, 4) is 0 Å². The summed E-state index contributed by atoms with van der Waals surface area (Å²) in [6, 6.07) is 5.32. The minimum atomic E-state index is -0.142. The van der Waals surface area contributed by atoms with Gasteiger partial charge in [-0.2, -0.15) is 0 Å². The molecule has 3 N–H and O–H groups in total. The van der Waals surface area contributed by atoms with E-state index in [1.54, 1.807) is 18.2 Å². The molecular formula is C12H15ClN2O. The van der Waals surface area contributed by atoms with E-state index >= 15 is 0 Å². The standard InChI is InChI=1S/C12H15ClN2O/c1-7(8-5-6-8)15-12(16)9-3-2-4-10(14)11(9)13/h2-4,7-8H,5-6,14H2,1H3,(H,15,16). The molecule has 1 aliphatic rings. The van der Waals surface area contributed by atoms with Crippen molar-refractivity contribution in [3.63, 3.8) is 0 Å². The topological polar surface area (TPSA) is 55.1 Å². The zero-order chi connectivity index (χ0) is 11.7. The summed E-state index contributed by atoms with van der Waals surface area (Å²) in [7, 11) is 0. The molecule has 0 heterocycles. The molecule has 0 saturated heterocycles. The van der Waals surface area contributed by atoms with Gasteiger partial charge in [0.2, 0.25) is 0 Å². The predicted molar refractivity (Wildman–Crippen MR) is 65.5 cm³/mol. The first-order valence-corrected chi connectivity index (χ1v) is 5.82. The van der Waals surface area contributed by atoms with Gasteiger partial charge in [0.15, 0.2) is 0 Å². The van der Waals surface area contributed by atoms with E-state index in [4.69, 9.17) is 17.3 Å². The van der Waals surface area contributed by atoms with Gasteiger partial charge in [-0.15, -0.1) is 0 Å². The number of benzene rings is 1. The number of carbonyl (C=O) groups is 1. The lowest BCUT2D eigenvalue weighted by Gasteiger charge is -2.13. The largest absolute Gasteiger partial charge is 0.398 e. The Hall–Kier alpha value is -1.22. The Morgan fingerprint density at radius 3 is 2.88 bits per heavy atom. The Morgan fingerprint density at radius 2 is 2.25 bits per heavy atom. The molecule has 1 fully saturated rings. The van der Waals surface area contributed by atoms with Crippen LogP contribution in [0.4, 0.5) is 5.69 Å². The fourth-order valence-electron chi connectivity index (χ4n) is 1.72. The van der Waals surface area contributed by atoms with E-state index in [1.807, 2.05) is 6.92 Å². The second kappa shape index (κ2) is 4.34. The molecule has 1 unspecified atom stereocenters. The molecule has 4 heteroatoms. The Balaban J connectivity index is 2.10. The van der Waals surface area contributed by atoms with Gasteiger partial charge in [0.05, 0.1) is 16.3 Å². The lowest BCUT2D eigenvalue weighted by atomic mass is 10.1. The van der Waals surface area contributed by atoms with Crippen molar-refractivity contribution in [1.82, 2.24) is 5.32 Å². The number of carbonyl (C=O) groups excluding carboxylic acids is 1. The zero-order valence-corrected chi connectivity index (χ0v) is 9.92. The predicted octanol–water partition coefficient (Wildman–Crippen LogP) is 2.45. The van der Waals surface area contributed by atoms with Crippen molar-refractivity contribution < 1.29 is 4.79 Å². The third-order valence-corrected chi connectivity index (χ3v) is 3.38. The van der Waals surface area contributed by atoms with Gasteiger partial charge in [-0.3, -0.25) is 4.79 Å². The van der Waals surface area contributed by atoms with E-state index in [2.05, 4.69) is 5.32 Å². The number of nitrogens with one attached hydrogen (secondary N) is 1. The van der Waals surface area contributed by atoms with E-state index in [9.17, 15) is 4.79 Å². The summed E-state index contributed by atoms with van der Waals surface area (Å²) in [5.41, 5.74) is 6.54. The Kier molecular flexibility index (Phi) is 3.06. The average Bonchev–Trinajstić information content (AvgIpc) is 3.05. The van der Waals surface area contributed by atoms with Crippen molar-refractivity contribution in [3.05, 3.63) is 28.8 Å². The fourth-order valence-corrected chi connectivity index (χ4v) is 1.94. The summed E-state index contributed by atoms with van der Waals surface area (Å²) in [4.78, 5) is 11.9. The van der Waals surface area contributed by atoms with Gasteiger partial charge in [0.25, 0.3) is 5.91 Å². The monoisotopic (exact) mass is 238 g/mol. The van der Waals surface area contributed by atoms with Crippen molar-refractivity contribution in [2.75, 3.05) is 5.73 Å². The number of nitrogens with two attached hydrogens (primary N) is 1. The molecule has 1 aliphatic carbocycles. The van der Waals surface area contributed by atoms with Crippen molar-refractivity contribution in [2.24, 2.45) is 5.92 Å². The van der Waals surface area contributed by atoms with E-state index < -0.39 is 0 Å². The SMILES string of the molecule is CC(NC(=O)c1cccc(N)c1Cl)C1CC1. The van der Waals surface area contributed by atoms with Crippen molar-refractivity contribution in [2.45, 2.75) is 25.8 Å². The van der Waals surface area contributed by atoms with Crippen LogP contribution in [-0.2, 0) is 0 Å². The molecule has 1 aromatic rings. The van der Waals surface area contributed by atoms with Gasteiger partial charge in [0.1, 0.15) is 0 Å². The maximum Gasteiger partial charge on any atom is 0.253 e. The Morgan fingerprint density at radius 1 is 1.56 bits per heavy atom. The molecular weight excluding hydrogens is 224 g/mol. The molecule has 1 atom stereocenters. The molecule has 1 aromatic carbocycles. The first-order chi connectivity index (χ1) is 7.59. The lowest BCUT2D eigenvalue weighted by molar-refractivity contribution is 0.0936. The van der Waals surface area contributed by atoms with Crippen LogP contribution in [0.25, 0.3) is 0 Å². The van der Waals surface area contributed by atoms with Crippen molar-refractivity contribution >= 4 is 23.2 Å². The molecule has 0 radical (unpaired) electrons. The molecule has 3 nitrogen and oxygen atoms in total. The van der Waals surface area contributed by atoms with Gasteiger partial charge in [-0.1, -0.05) is 17.7 Å². The maximum atomic E-state index is 11.9. The van der Waals surface area contributed by atoms with Crippen molar-refractivity contribution in [1.29, 1.82) is 0 Å². The second-order valence-corrected chi connectivity index (χ2v) is 4.69. The Labute approximate surface area is 100.0 Å². The highest BCUT2D eigenvalue weighted by atomic mass is 35.5. The van der Waals surface area contributed by atoms with Crippen LogP contribution in [0.5, 0.6) is 0 Å². The second-order valence-electron chi connectivity index (χ2n) is 4.31. The molecule has 2 rings (SSSR count). The van der Waals surface area contributed by atoms with Gasteiger partial charge in [0, 0.05) is 6.04 Å². The van der Waals surface area contributed by atoms with E-state index in [0.717, 1.165) is 0 Å². The minimum absolute atomic E-state index is 0.142. The smallest absolute Gasteiger partial charge is 0.253 e. The normalized spacial score (nSPS) is 16.9.